The molecule has 0 spiro atoms. The highest BCUT2D eigenvalue weighted by molar-refractivity contribution is 5.85. The molecule has 20 heavy (non-hydrogen) atoms. The highest BCUT2D eigenvalue weighted by Gasteiger charge is 2.39. The van der Waals surface area contributed by atoms with Gasteiger partial charge in [-0.15, -0.1) is 0 Å². The summed E-state index contributed by atoms with van der Waals surface area (Å²) in [5.74, 6) is -1.77. The molecule has 1 aliphatic carbocycles. The van der Waals surface area contributed by atoms with E-state index in [1.807, 2.05) is 19.1 Å². The number of carboxylic acid groups (broad SMARTS) is 1. The lowest BCUT2D eigenvalue weighted by Gasteiger charge is -2.26. The maximum absolute atomic E-state index is 12.5. The third-order valence-electron chi connectivity index (χ3n) is 3.97. The van der Waals surface area contributed by atoms with Gasteiger partial charge in [-0.05, 0) is 37.5 Å². The zero-order valence-electron chi connectivity index (χ0n) is 11.7. The lowest BCUT2D eigenvalue weighted by atomic mass is 9.94. The molecule has 5 heteroatoms. The van der Waals surface area contributed by atoms with Gasteiger partial charge in [0, 0.05) is 25.5 Å². The molecule has 2 rings (SSSR count). The molecule has 1 aromatic rings. The highest BCUT2D eigenvalue weighted by atomic mass is 16.4. The van der Waals surface area contributed by atoms with Gasteiger partial charge in [-0.3, -0.25) is 14.6 Å². The van der Waals surface area contributed by atoms with Crippen LogP contribution in [0.25, 0.3) is 0 Å². The molecule has 0 aliphatic heterocycles. The second-order valence-corrected chi connectivity index (χ2v) is 5.19. The van der Waals surface area contributed by atoms with Gasteiger partial charge in [-0.2, -0.15) is 0 Å². The first-order valence-corrected chi connectivity index (χ1v) is 7.04. The number of carboxylic acids is 1. The first kappa shape index (κ1) is 14.5. The van der Waals surface area contributed by atoms with Crippen molar-refractivity contribution in [3.05, 3.63) is 30.1 Å². The average Bonchev–Trinajstić information content (AvgIpc) is 2.94. The molecule has 0 radical (unpaired) electrons. The monoisotopic (exact) mass is 276 g/mol. The maximum atomic E-state index is 12.5. The molecule has 2 atom stereocenters. The Bertz CT molecular complexity index is 475. The van der Waals surface area contributed by atoms with E-state index in [0.717, 1.165) is 12.0 Å². The molecular formula is C15H20N2O3. The molecule has 1 fully saturated rings. The van der Waals surface area contributed by atoms with Crippen LogP contribution in [-0.2, 0) is 16.1 Å². The Morgan fingerprint density at radius 1 is 1.30 bits per heavy atom. The third-order valence-corrected chi connectivity index (χ3v) is 3.97. The van der Waals surface area contributed by atoms with Crippen LogP contribution < -0.4 is 0 Å². The van der Waals surface area contributed by atoms with E-state index < -0.39 is 11.9 Å². The predicted molar refractivity (Wildman–Crippen MR) is 73.8 cm³/mol. The summed E-state index contributed by atoms with van der Waals surface area (Å²) in [6.45, 7) is 3.02. The van der Waals surface area contributed by atoms with Gasteiger partial charge >= 0.3 is 5.97 Å². The number of pyridine rings is 1. The Hall–Kier alpha value is -1.91. The van der Waals surface area contributed by atoms with Crippen molar-refractivity contribution in [2.24, 2.45) is 11.8 Å². The number of carbonyl (C=O) groups is 2. The van der Waals surface area contributed by atoms with E-state index in [9.17, 15) is 14.7 Å². The quantitative estimate of drug-likeness (QED) is 0.892. The largest absolute Gasteiger partial charge is 0.481 e. The van der Waals surface area contributed by atoms with E-state index in [2.05, 4.69) is 4.98 Å². The normalized spacial score (nSPS) is 21.6. The van der Waals surface area contributed by atoms with Crippen molar-refractivity contribution >= 4 is 11.9 Å². The van der Waals surface area contributed by atoms with Crippen molar-refractivity contribution < 1.29 is 14.7 Å². The van der Waals surface area contributed by atoms with Gasteiger partial charge in [0.25, 0.3) is 0 Å². The summed E-state index contributed by atoms with van der Waals surface area (Å²) in [6.07, 6.45) is 5.51. The number of rotatable bonds is 5. The molecule has 108 valence electrons. The predicted octanol–water partition coefficient (Wildman–Crippen LogP) is 1.93. The Labute approximate surface area is 118 Å². The standard InChI is InChI=1S/C15H20N2O3/c1-2-17(10-11-6-8-16-9-7-11)14(18)12-4-3-5-13(12)15(19)20/h6-9,12-13H,2-5,10H2,1H3,(H,19,20). The maximum Gasteiger partial charge on any atom is 0.307 e. The number of aliphatic carboxylic acids is 1. The third kappa shape index (κ3) is 3.15. The van der Waals surface area contributed by atoms with E-state index in [4.69, 9.17) is 0 Å². The van der Waals surface area contributed by atoms with Gasteiger partial charge in [-0.1, -0.05) is 6.42 Å². The minimum absolute atomic E-state index is 0.0331. The first-order valence-electron chi connectivity index (χ1n) is 7.04. The molecule has 1 N–H and O–H groups in total. The minimum Gasteiger partial charge on any atom is -0.481 e. The van der Waals surface area contributed by atoms with Crippen LogP contribution in [-0.4, -0.2) is 33.4 Å². The SMILES string of the molecule is CCN(Cc1ccncc1)C(=O)C1CCCC1C(=O)O. The second kappa shape index (κ2) is 6.50. The Kier molecular flexibility index (Phi) is 4.71. The zero-order chi connectivity index (χ0) is 14.5. The van der Waals surface area contributed by atoms with Crippen LogP contribution in [0.15, 0.2) is 24.5 Å². The van der Waals surface area contributed by atoms with Crippen LogP contribution >= 0.6 is 0 Å². The van der Waals surface area contributed by atoms with Gasteiger partial charge in [-0.25, -0.2) is 0 Å². The number of hydrogen-bond acceptors (Lipinski definition) is 3. The van der Waals surface area contributed by atoms with Crippen molar-refractivity contribution in [2.75, 3.05) is 6.54 Å². The molecule has 1 aliphatic rings. The van der Waals surface area contributed by atoms with E-state index in [-0.39, 0.29) is 11.8 Å². The summed E-state index contributed by atoms with van der Waals surface area (Å²) in [4.78, 5) is 29.4. The summed E-state index contributed by atoms with van der Waals surface area (Å²) in [5, 5.41) is 9.20. The average molecular weight is 276 g/mol. The number of nitrogens with zero attached hydrogens (tertiary/aromatic N) is 2. The van der Waals surface area contributed by atoms with E-state index in [0.29, 0.717) is 25.9 Å². The lowest BCUT2D eigenvalue weighted by Crippen LogP contribution is -2.38. The number of aromatic nitrogens is 1. The molecule has 0 bridgehead atoms. The van der Waals surface area contributed by atoms with E-state index in [1.165, 1.54) is 0 Å². The fourth-order valence-electron chi connectivity index (χ4n) is 2.84. The smallest absolute Gasteiger partial charge is 0.307 e. The van der Waals surface area contributed by atoms with Crippen LogP contribution in [0.3, 0.4) is 0 Å². The van der Waals surface area contributed by atoms with Gasteiger partial charge < -0.3 is 10.0 Å². The number of amides is 1. The number of carbonyl (C=O) groups excluding carboxylic acids is 1. The van der Waals surface area contributed by atoms with Crippen molar-refractivity contribution in [3.63, 3.8) is 0 Å². The van der Waals surface area contributed by atoms with Crippen LogP contribution in [0.5, 0.6) is 0 Å². The molecular weight excluding hydrogens is 256 g/mol. The summed E-state index contributed by atoms with van der Waals surface area (Å²) in [6, 6.07) is 3.75. The lowest BCUT2D eigenvalue weighted by molar-refractivity contribution is -0.149. The zero-order valence-corrected chi connectivity index (χ0v) is 11.7. The molecule has 0 saturated heterocycles. The van der Waals surface area contributed by atoms with E-state index >= 15 is 0 Å². The topological polar surface area (TPSA) is 70.5 Å². The molecule has 0 aromatic carbocycles. The Balaban J connectivity index is 2.07. The minimum atomic E-state index is -0.846. The highest BCUT2D eigenvalue weighted by Crippen LogP contribution is 2.33. The molecule has 1 aromatic heterocycles. The molecule has 1 saturated carbocycles. The first-order chi connectivity index (χ1) is 9.63. The van der Waals surface area contributed by atoms with Crippen molar-refractivity contribution in [2.45, 2.75) is 32.7 Å². The van der Waals surface area contributed by atoms with Gasteiger partial charge in [0.1, 0.15) is 0 Å². The molecule has 2 unspecified atom stereocenters. The molecule has 1 heterocycles. The Morgan fingerprint density at radius 3 is 2.55 bits per heavy atom. The fourth-order valence-corrected chi connectivity index (χ4v) is 2.84. The van der Waals surface area contributed by atoms with Crippen LogP contribution in [0.2, 0.25) is 0 Å². The van der Waals surface area contributed by atoms with Gasteiger partial charge in [0.15, 0.2) is 0 Å². The van der Waals surface area contributed by atoms with Crippen LogP contribution in [0.1, 0.15) is 31.7 Å². The van der Waals surface area contributed by atoms with Crippen molar-refractivity contribution in [3.8, 4) is 0 Å². The summed E-state index contributed by atoms with van der Waals surface area (Å²) in [5.41, 5.74) is 1.01. The Morgan fingerprint density at radius 2 is 1.95 bits per heavy atom. The van der Waals surface area contributed by atoms with Crippen molar-refractivity contribution in [1.82, 2.24) is 9.88 Å². The second-order valence-electron chi connectivity index (χ2n) is 5.19. The summed E-state index contributed by atoms with van der Waals surface area (Å²) < 4.78 is 0. The molecule has 5 nitrogen and oxygen atoms in total. The molecule has 1 amide bonds. The van der Waals surface area contributed by atoms with Crippen LogP contribution in [0.4, 0.5) is 0 Å². The fraction of sp³-hybridized carbons (Fsp3) is 0.533. The number of hydrogen-bond donors (Lipinski definition) is 1. The van der Waals surface area contributed by atoms with Crippen molar-refractivity contribution in [1.29, 1.82) is 0 Å². The van der Waals surface area contributed by atoms with Crippen LogP contribution in [0, 0.1) is 11.8 Å². The van der Waals surface area contributed by atoms with Gasteiger partial charge in [0.05, 0.1) is 11.8 Å². The summed E-state index contributed by atoms with van der Waals surface area (Å²) >= 11 is 0. The van der Waals surface area contributed by atoms with E-state index in [1.54, 1.807) is 17.3 Å². The van der Waals surface area contributed by atoms with Gasteiger partial charge in [0.2, 0.25) is 5.91 Å². The summed E-state index contributed by atoms with van der Waals surface area (Å²) in [7, 11) is 0.